The van der Waals surface area contributed by atoms with E-state index in [2.05, 4.69) is 5.32 Å². The van der Waals surface area contributed by atoms with Gasteiger partial charge in [-0.1, -0.05) is 18.2 Å². The van der Waals surface area contributed by atoms with Crippen LogP contribution < -0.4 is 11.1 Å². The molecule has 16 heavy (non-hydrogen) atoms. The molecule has 0 saturated carbocycles. The van der Waals surface area contributed by atoms with Crippen LogP contribution in [0.1, 0.15) is 18.9 Å². The van der Waals surface area contributed by atoms with Crippen molar-refractivity contribution in [1.82, 2.24) is 5.32 Å². The molecule has 0 heterocycles. The van der Waals surface area contributed by atoms with Gasteiger partial charge in [0.1, 0.15) is 5.82 Å². The molecule has 0 bridgehead atoms. The number of carbonyl (C=O) groups excluding carboxylic acids is 1. The van der Waals surface area contributed by atoms with E-state index in [-0.39, 0.29) is 17.8 Å². The van der Waals surface area contributed by atoms with E-state index in [0.29, 0.717) is 24.9 Å². The van der Waals surface area contributed by atoms with Gasteiger partial charge in [-0.05, 0) is 31.5 Å². The molecule has 0 unspecified atom stereocenters. The molecule has 0 aliphatic carbocycles. The molecule has 0 spiro atoms. The first-order valence-corrected chi connectivity index (χ1v) is 5.34. The van der Waals surface area contributed by atoms with E-state index in [1.807, 2.05) is 13.0 Å². The van der Waals surface area contributed by atoms with E-state index in [1.165, 1.54) is 6.07 Å². The molecule has 3 nitrogen and oxygen atoms in total. The Labute approximate surface area is 94.8 Å². The number of halogens is 1. The van der Waals surface area contributed by atoms with Gasteiger partial charge in [-0.3, -0.25) is 4.79 Å². The Kier molecular flexibility index (Phi) is 4.92. The number of carbonyl (C=O) groups is 1. The SMILES string of the molecule is C[C@H](CC(N)=O)NCCc1ccccc1F. The maximum atomic E-state index is 13.2. The average Bonchev–Trinajstić information content (AvgIpc) is 2.19. The van der Waals surface area contributed by atoms with Crippen LogP contribution in [0.15, 0.2) is 24.3 Å². The van der Waals surface area contributed by atoms with Crippen molar-refractivity contribution in [2.24, 2.45) is 5.73 Å². The Morgan fingerprint density at radius 3 is 2.81 bits per heavy atom. The Morgan fingerprint density at radius 2 is 2.19 bits per heavy atom. The summed E-state index contributed by atoms with van der Waals surface area (Å²) in [6.07, 6.45) is 0.910. The standard InChI is InChI=1S/C12H17FN2O/c1-9(8-12(14)16)15-7-6-10-4-2-3-5-11(10)13/h2-5,9,15H,6-8H2,1H3,(H2,14,16)/t9-/m1/s1. The second kappa shape index (κ2) is 6.23. The molecule has 3 N–H and O–H groups in total. The summed E-state index contributed by atoms with van der Waals surface area (Å²) in [5.74, 6) is -0.516. The highest BCUT2D eigenvalue weighted by atomic mass is 19.1. The molecule has 1 rings (SSSR count). The van der Waals surface area contributed by atoms with Gasteiger partial charge >= 0.3 is 0 Å². The van der Waals surface area contributed by atoms with Crippen molar-refractivity contribution in [3.05, 3.63) is 35.6 Å². The van der Waals surface area contributed by atoms with Crippen LogP contribution in [0.5, 0.6) is 0 Å². The lowest BCUT2D eigenvalue weighted by Gasteiger charge is -2.11. The van der Waals surface area contributed by atoms with Crippen LogP contribution in [0.25, 0.3) is 0 Å². The molecular formula is C12H17FN2O. The van der Waals surface area contributed by atoms with Gasteiger partial charge in [-0.15, -0.1) is 0 Å². The fourth-order valence-corrected chi connectivity index (χ4v) is 1.53. The second-order valence-electron chi connectivity index (χ2n) is 3.87. The summed E-state index contributed by atoms with van der Waals surface area (Å²) >= 11 is 0. The second-order valence-corrected chi connectivity index (χ2v) is 3.87. The summed E-state index contributed by atoms with van der Waals surface area (Å²) in [6, 6.07) is 6.72. The van der Waals surface area contributed by atoms with Gasteiger partial charge in [0, 0.05) is 12.5 Å². The minimum Gasteiger partial charge on any atom is -0.370 e. The third kappa shape index (κ3) is 4.40. The van der Waals surface area contributed by atoms with Gasteiger partial charge in [-0.2, -0.15) is 0 Å². The first-order valence-electron chi connectivity index (χ1n) is 5.34. The number of hydrogen-bond acceptors (Lipinski definition) is 2. The van der Waals surface area contributed by atoms with E-state index in [0.717, 1.165) is 0 Å². The van der Waals surface area contributed by atoms with Crippen molar-refractivity contribution in [1.29, 1.82) is 0 Å². The van der Waals surface area contributed by atoms with Crippen LogP contribution in [0.2, 0.25) is 0 Å². The third-order valence-corrected chi connectivity index (χ3v) is 2.35. The number of nitrogens with one attached hydrogen (secondary N) is 1. The predicted octanol–water partition coefficient (Wildman–Crippen LogP) is 1.22. The maximum Gasteiger partial charge on any atom is 0.218 e. The number of amides is 1. The number of hydrogen-bond donors (Lipinski definition) is 2. The van der Waals surface area contributed by atoms with Gasteiger partial charge in [0.15, 0.2) is 0 Å². The Hall–Kier alpha value is -1.42. The molecule has 0 radical (unpaired) electrons. The lowest BCUT2D eigenvalue weighted by atomic mass is 10.1. The van der Waals surface area contributed by atoms with Crippen molar-refractivity contribution in [2.45, 2.75) is 25.8 Å². The first kappa shape index (κ1) is 12.6. The van der Waals surface area contributed by atoms with Crippen LogP contribution in [0, 0.1) is 5.82 Å². The molecule has 1 aromatic carbocycles. The van der Waals surface area contributed by atoms with Crippen molar-refractivity contribution in [3.8, 4) is 0 Å². The van der Waals surface area contributed by atoms with Crippen LogP contribution in [-0.2, 0) is 11.2 Å². The van der Waals surface area contributed by atoms with Crippen molar-refractivity contribution in [3.63, 3.8) is 0 Å². The Morgan fingerprint density at radius 1 is 1.50 bits per heavy atom. The summed E-state index contributed by atoms with van der Waals surface area (Å²) in [4.78, 5) is 10.6. The summed E-state index contributed by atoms with van der Waals surface area (Å²) in [5.41, 5.74) is 5.74. The summed E-state index contributed by atoms with van der Waals surface area (Å²) in [5, 5.41) is 3.12. The van der Waals surface area contributed by atoms with Crippen molar-refractivity contribution < 1.29 is 9.18 Å². The highest BCUT2D eigenvalue weighted by molar-refractivity contribution is 5.74. The summed E-state index contributed by atoms with van der Waals surface area (Å²) < 4.78 is 13.2. The molecule has 1 atom stereocenters. The maximum absolute atomic E-state index is 13.2. The summed E-state index contributed by atoms with van der Waals surface area (Å²) in [7, 11) is 0. The Balaban J connectivity index is 2.30. The van der Waals surface area contributed by atoms with Crippen LogP contribution in [-0.4, -0.2) is 18.5 Å². The van der Waals surface area contributed by atoms with Crippen LogP contribution in [0.4, 0.5) is 4.39 Å². The van der Waals surface area contributed by atoms with Crippen LogP contribution >= 0.6 is 0 Å². The fourth-order valence-electron chi connectivity index (χ4n) is 1.53. The topological polar surface area (TPSA) is 55.1 Å². The lowest BCUT2D eigenvalue weighted by Crippen LogP contribution is -2.32. The fraction of sp³-hybridized carbons (Fsp3) is 0.417. The van der Waals surface area contributed by atoms with Gasteiger partial charge in [-0.25, -0.2) is 4.39 Å². The zero-order chi connectivity index (χ0) is 12.0. The molecule has 1 aromatic rings. The minimum atomic E-state index is -0.328. The number of rotatable bonds is 6. The van der Waals surface area contributed by atoms with E-state index in [9.17, 15) is 9.18 Å². The largest absolute Gasteiger partial charge is 0.370 e. The number of primary amides is 1. The molecule has 0 fully saturated rings. The first-order chi connectivity index (χ1) is 7.59. The lowest BCUT2D eigenvalue weighted by molar-refractivity contribution is -0.118. The van der Waals surface area contributed by atoms with Gasteiger partial charge in [0.2, 0.25) is 5.91 Å². The van der Waals surface area contributed by atoms with Gasteiger partial charge in [0.25, 0.3) is 0 Å². The number of benzene rings is 1. The van der Waals surface area contributed by atoms with Gasteiger partial charge < -0.3 is 11.1 Å². The smallest absolute Gasteiger partial charge is 0.218 e. The third-order valence-electron chi connectivity index (χ3n) is 2.35. The highest BCUT2D eigenvalue weighted by Crippen LogP contribution is 2.06. The summed E-state index contributed by atoms with van der Waals surface area (Å²) in [6.45, 7) is 2.52. The molecule has 0 aromatic heterocycles. The van der Waals surface area contributed by atoms with Gasteiger partial charge in [0.05, 0.1) is 0 Å². The molecular weight excluding hydrogens is 207 g/mol. The molecule has 4 heteroatoms. The molecule has 0 aliphatic heterocycles. The van der Waals surface area contributed by atoms with Crippen molar-refractivity contribution in [2.75, 3.05) is 6.54 Å². The minimum absolute atomic E-state index is 0.0317. The highest BCUT2D eigenvalue weighted by Gasteiger charge is 2.05. The number of nitrogens with two attached hydrogens (primary N) is 1. The van der Waals surface area contributed by atoms with E-state index in [1.54, 1.807) is 12.1 Å². The molecule has 1 amide bonds. The quantitative estimate of drug-likeness (QED) is 0.763. The predicted molar refractivity (Wildman–Crippen MR) is 61.4 cm³/mol. The molecule has 0 aliphatic rings. The molecule has 0 saturated heterocycles. The van der Waals surface area contributed by atoms with Crippen LogP contribution in [0.3, 0.4) is 0 Å². The van der Waals surface area contributed by atoms with E-state index >= 15 is 0 Å². The zero-order valence-corrected chi connectivity index (χ0v) is 9.37. The zero-order valence-electron chi connectivity index (χ0n) is 9.37. The normalized spacial score (nSPS) is 12.4. The monoisotopic (exact) mass is 224 g/mol. The van der Waals surface area contributed by atoms with E-state index in [4.69, 9.17) is 5.73 Å². The average molecular weight is 224 g/mol. The van der Waals surface area contributed by atoms with E-state index < -0.39 is 0 Å². The molecule has 88 valence electrons. The van der Waals surface area contributed by atoms with Crippen molar-refractivity contribution >= 4 is 5.91 Å². The Bertz CT molecular complexity index is 355.